The summed E-state index contributed by atoms with van der Waals surface area (Å²) < 4.78 is 10.3. The minimum Gasteiger partial charge on any atom is -0.493 e. The van der Waals surface area contributed by atoms with Crippen LogP contribution in [0.1, 0.15) is 11.1 Å². The topological polar surface area (TPSA) is 83.1 Å². The lowest BCUT2D eigenvalue weighted by Crippen LogP contribution is -2.15. The molecule has 0 heterocycles. The molecule has 2 aromatic carbocycles. The zero-order valence-corrected chi connectivity index (χ0v) is 13.4. The summed E-state index contributed by atoms with van der Waals surface area (Å²) in [6, 6.07) is 14.4. The molecule has 0 aromatic heterocycles. The normalized spacial score (nSPS) is 11.3. The lowest BCUT2D eigenvalue weighted by atomic mass is 10.2. The fraction of sp³-hybridized carbons (Fsp3) is 0.111. The summed E-state index contributed by atoms with van der Waals surface area (Å²) in [6.45, 7) is 0. The Balaban J connectivity index is 2.03. The van der Waals surface area contributed by atoms with E-state index < -0.39 is 5.97 Å². The largest absolute Gasteiger partial charge is 0.493 e. The molecule has 2 rings (SSSR count). The molecule has 0 bridgehead atoms. The molecule has 6 nitrogen and oxygen atoms in total. The lowest BCUT2D eigenvalue weighted by Gasteiger charge is -2.08. The summed E-state index contributed by atoms with van der Waals surface area (Å²) in [4.78, 5) is 16.4. The molecule has 0 saturated heterocycles. The van der Waals surface area contributed by atoms with Crippen LogP contribution in [0.25, 0.3) is 6.08 Å². The number of oxime groups is 1. The molecule has 0 radical (unpaired) electrons. The summed E-state index contributed by atoms with van der Waals surface area (Å²) in [5, 5.41) is 3.63. The molecule has 0 amide bonds. The van der Waals surface area contributed by atoms with E-state index in [0.29, 0.717) is 17.1 Å². The summed E-state index contributed by atoms with van der Waals surface area (Å²) in [6.07, 6.45) is 2.91. The van der Waals surface area contributed by atoms with Crippen LogP contribution in [0.3, 0.4) is 0 Å². The van der Waals surface area contributed by atoms with Gasteiger partial charge in [0.2, 0.25) is 0 Å². The maximum Gasteiger partial charge on any atom is 0.358 e. The quantitative estimate of drug-likeness (QED) is 0.290. The number of rotatable bonds is 6. The SMILES string of the molecule is COc1ccc(/C(N)=N/OC(=O)/C=C/c2ccccc2)cc1OC. The van der Waals surface area contributed by atoms with E-state index in [1.54, 1.807) is 24.3 Å². The summed E-state index contributed by atoms with van der Waals surface area (Å²) in [5.74, 6) is 0.500. The van der Waals surface area contributed by atoms with E-state index in [-0.39, 0.29) is 5.84 Å². The van der Waals surface area contributed by atoms with E-state index in [9.17, 15) is 4.79 Å². The third kappa shape index (κ3) is 4.61. The number of nitrogens with two attached hydrogens (primary N) is 1. The number of methoxy groups -OCH3 is 2. The Morgan fingerprint density at radius 1 is 1.04 bits per heavy atom. The van der Waals surface area contributed by atoms with Gasteiger partial charge in [-0.1, -0.05) is 35.5 Å². The van der Waals surface area contributed by atoms with Crippen molar-refractivity contribution in [1.82, 2.24) is 0 Å². The first-order chi connectivity index (χ1) is 11.6. The van der Waals surface area contributed by atoms with Crippen LogP contribution < -0.4 is 15.2 Å². The molecule has 0 fully saturated rings. The fourth-order valence-electron chi connectivity index (χ4n) is 1.90. The highest BCUT2D eigenvalue weighted by atomic mass is 16.7. The van der Waals surface area contributed by atoms with Gasteiger partial charge < -0.3 is 20.0 Å². The standard InChI is InChI=1S/C18H18N2O4/c1-22-15-10-9-14(12-16(15)23-2)18(19)20-24-17(21)11-8-13-6-4-3-5-7-13/h3-12H,1-2H3,(H2,19,20)/b11-8+. The molecule has 0 spiro atoms. The van der Waals surface area contributed by atoms with Crippen LogP contribution in [0.2, 0.25) is 0 Å². The van der Waals surface area contributed by atoms with Crippen LogP contribution in [0.4, 0.5) is 0 Å². The van der Waals surface area contributed by atoms with E-state index in [0.717, 1.165) is 5.56 Å². The molecule has 6 heteroatoms. The molecule has 0 aliphatic rings. The predicted octanol–water partition coefficient (Wildman–Crippen LogP) is 2.58. The first-order valence-corrected chi connectivity index (χ1v) is 7.14. The van der Waals surface area contributed by atoms with Crippen LogP contribution in [-0.4, -0.2) is 26.0 Å². The van der Waals surface area contributed by atoms with Gasteiger partial charge in [0.15, 0.2) is 17.3 Å². The van der Waals surface area contributed by atoms with Gasteiger partial charge in [0.1, 0.15) is 0 Å². The number of ether oxygens (including phenoxy) is 2. The highest BCUT2D eigenvalue weighted by molar-refractivity contribution is 5.98. The van der Waals surface area contributed by atoms with Crippen molar-refractivity contribution in [2.45, 2.75) is 0 Å². The summed E-state index contributed by atoms with van der Waals surface area (Å²) in [7, 11) is 3.05. The van der Waals surface area contributed by atoms with Crippen LogP contribution in [0.15, 0.2) is 59.8 Å². The van der Waals surface area contributed by atoms with Crippen molar-refractivity contribution in [3.05, 3.63) is 65.7 Å². The zero-order chi connectivity index (χ0) is 17.4. The van der Waals surface area contributed by atoms with E-state index in [4.69, 9.17) is 20.0 Å². The van der Waals surface area contributed by atoms with Crippen LogP contribution >= 0.6 is 0 Å². The van der Waals surface area contributed by atoms with Crippen LogP contribution in [-0.2, 0) is 9.63 Å². The van der Waals surface area contributed by atoms with Gasteiger partial charge in [0.25, 0.3) is 0 Å². The van der Waals surface area contributed by atoms with Crippen molar-refractivity contribution >= 4 is 17.9 Å². The minimum absolute atomic E-state index is 0.0532. The third-order valence-electron chi connectivity index (χ3n) is 3.12. The molecule has 0 saturated carbocycles. The maximum atomic E-state index is 11.7. The molecule has 0 atom stereocenters. The molecule has 24 heavy (non-hydrogen) atoms. The monoisotopic (exact) mass is 326 g/mol. The number of amidine groups is 1. The van der Waals surface area contributed by atoms with Crippen molar-refractivity contribution < 1.29 is 19.1 Å². The second-order valence-electron chi connectivity index (χ2n) is 4.70. The Morgan fingerprint density at radius 2 is 1.75 bits per heavy atom. The summed E-state index contributed by atoms with van der Waals surface area (Å²) >= 11 is 0. The first-order valence-electron chi connectivity index (χ1n) is 7.14. The van der Waals surface area contributed by atoms with Crippen molar-refractivity contribution in [3.63, 3.8) is 0 Å². The number of carbonyl (C=O) groups is 1. The van der Waals surface area contributed by atoms with Crippen LogP contribution in [0, 0.1) is 0 Å². The molecule has 124 valence electrons. The van der Waals surface area contributed by atoms with E-state index in [1.807, 2.05) is 30.3 Å². The molecule has 0 aliphatic carbocycles. The molecule has 0 aliphatic heterocycles. The number of nitrogens with zero attached hydrogens (tertiary/aromatic N) is 1. The highest BCUT2D eigenvalue weighted by Gasteiger charge is 2.08. The lowest BCUT2D eigenvalue weighted by molar-refractivity contribution is -0.137. The van der Waals surface area contributed by atoms with E-state index in [2.05, 4.69) is 5.16 Å². The second-order valence-corrected chi connectivity index (χ2v) is 4.70. The highest BCUT2D eigenvalue weighted by Crippen LogP contribution is 2.27. The Kier molecular flexibility index (Phi) is 5.96. The Morgan fingerprint density at radius 3 is 2.42 bits per heavy atom. The molecular weight excluding hydrogens is 308 g/mol. The van der Waals surface area contributed by atoms with Gasteiger partial charge in [-0.2, -0.15) is 0 Å². The molecule has 2 aromatic rings. The second kappa shape index (κ2) is 8.38. The average molecular weight is 326 g/mol. The van der Waals surface area contributed by atoms with Crippen LogP contribution in [0.5, 0.6) is 11.5 Å². The number of carbonyl (C=O) groups excluding carboxylic acids is 1. The predicted molar refractivity (Wildman–Crippen MR) is 91.8 cm³/mol. The van der Waals surface area contributed by atoms with Crippen molar-refractivity contribution in [3.8, 4) is 11.5 Å². The van der Waals surface area contributed by atoms with Gasteiger partial charge in [-0.05, 0) is 29.8 Å². The van der Waals surface area contributed by atoms with E-state index >= 15 is 0 Å². The van der Waals surface area contributed by atoms with Crippen molar-refractivity contribution in [2.75, 3.05) is 14.2 Å². The van der Waals surface area contributed by atoms with Gasteiger partial charge >= 0.3 is 5.97 Å². The summed E-state index contributed by atoms with van der Waals surface area (Å²) in [5.41, 5.74) is 7.25. The van der Waals surface area contributed by atoms with Gasteiger partial charge in [0.05, 0.1) is 14.2 Å². The minimum atomic E-state index is -0.623. The number of benzene rings is 2. The zero-order valence-electron chi connectivity index (χ0n) is 13.4. The van der Waals surface area contributed by atoms with E-state index in [1.165, 1.54) is 20.3 Å². The molecular formula is C18H18N2O4. The van der Waals surface area contributed by atoms with Crippen molar-refractivity contribution in [2.24, 2.45) is 10.9 Å². The Labute approximate surface area is 140 Å². The number of hydrogen-bond acceptors (Lipinski definition) is 5. The Hall–Kier alpha value is -3.28. The van der Waals surface area contributed by atoms with Gasteiger partial charge in [-0.25, -0.2) is 4.79 Å². The maximum absolute atomic E-state index is 11.7. The van der Waals surface area contributed by atoms with Crippen molar-refractivity contribution in [1.29, 1.82) is 0 Å². The Bertz CT molecular complexity index is 755. The molecule has 2 N–H and O–H groups in total. The van der Waals surface area contributed by atoms with Gasteiger partial charge in [-0.3, -0.25) is 0 Å². The smallest absolute Gasteiger partial charge is 0.358 e. The first kappa shape index (κ1) is 17.1. The number of hydrogen-bond donors (Lipinski definition) is 1. The average Bonchev–Trinajstić information content (AvgIpc) is 2.64. The third-order valence-corrected chi connectivity index (χ3v) is 3.12. The van der Waals surface area contributed by atoms with Gasteiger partial charge in [-0.15, -0.1) is 0 Å². The molecule has 0 unspecified atom stereocenters. The van der Waals surface area contributed by atoms with Gasteiger partial charge in [0, 0.05) is 11.6 Å². The fourth-order valence-corrected chi connectivity index (χ4v) is 1.90.